The average molecular weight is 250 g/mol. The van der Waals surface area contributed by atoms with E-state index in [4.69, 9.17) is 10.5 Å². The molecule has 2 heterocycles. The van der Waals surface area contributed by atoms with Crippen LogP contribution in [0, 0.1) is 12.8 Å². The number of hydrogen-bond acceptors (Lipinski definition) is 5. The van der Waals surface area contributed by atoms with Crippen LogP contribution in [0.2, 0.25) is 0 Å². The number of hydrogen-bond donors (Lipinski definition) is 1. The molecule has 0 saturated carbocycles. The molecule has 5 heteroatoms. The van der Waals surface area contributed by atoms with Gasteiger partial charge in [-0.2, -0.15) is 0 Å². The molecule has 0 aliphatic carbocycles. The van der Waals surface area contributed by atoms with Crippen molar-refractivity contribution in [2.24, 2.45) is 11.7 Å². The van der Waals surface area contributed by atoms with Gasteiger partial charge in [0.15, 0.2) is 0 Å². The zero-order valence-corrected chi connectivity index (χ0v) is 11.2. The van der Waals surface area contributed by atoms with Crippen molar-refractivity contribution >= 4 is 5.82 Å². The smallest absolute Gasteiger partial charge is 0.221 e. The first-order chi connectivity index (χ1) is 8.76. The van der Waals surface area contributed by atoms with Gasteiger partial charge in [0.25, 0.3) is 0 Å². The van der Waals surface area contributed by atoms with Gasteiger partial charge in [-0.05, 0) is 39.2 Å². The quantitative estimate of drug-likeness (QED) is 0.874. The second kappa shape index (κ2) is 6.00. The summed E-state index contributed by atoms with van der Waals surface area (Å²) in [5.74, 6) is 2.36. The van der Waals surface area contributed by atoms with Gasteiger partial charge in [-0.1, -0.05) is 0 Å². The van der Waals surface area contributed by atoms with Crippen molar-refractivity contribution in [3.8, 4) is 5.88 Å². The summed E-state index contributed by atoms with van der Waals surface area (Å²) in [7, 11) is 0. The molecule has 1 aliphatic rings. The molecule has 2 rings (SSSR count). The van der Waals surface area contributed by atoms with Crippen LogP contribution in [0.3, 0.4) is 0 Å². The number of piperidine rings is 1. The molecule has 1 saturated heterocycles. The third kappa shape index (κ3) is 2.72. The lowest BCUT2D eigenvalue weighted by atomic mass is 9.97. The molecular weight excluding hydrogens is 228 g/mol. The van der Waals surface area contributed by atoms with Gasteiger partial charge in [-0.15, -0.1) is 0 Å². The lowest BCUT2D eigenvalue weighted by molar-refractivity contribution is 0.323. The van der Waals surface area contributed by atoms with E-state index in [1.807, 2.05) is 13.8 Å². The Morgan fingerprint density at radius 3 is 2.72 bits per heavy atom. The normalized spacial score (nSPS) is 16.9. The van der Waals surface area contributed by atoms with Crippen LogP contribution in [-0.4, -0.2) is 36.2 Å². The van der Waals surface area contributed by atoms with Crippen LogP contribution >= 0.6 is 0 Å². The van der Waals surface area contributed by atoms with E-state index in [0.29, 0.717) is 18.4 Å². The number of ether oxygens (including phenoxy) is 1. The van der Waals surface area contributed by atoms with Crippen molar-refractivity contribution in [1.29, 1.82) is 0 Å². The van der Waals surface area contributed by atoms with E-state index in [1.54, 1.807) is 6.33 Å². The van der Waals surface area contributed by atoms with Gasteiger partial charge in [0.05, 0.1) is 12.2 Å². The van der Waals surface area contributed by atoms with Gasteiger partial charge in [-0.3, -0.25) is 0 Å². The van der Waals surface area contributed by atoms with E-state index >= 15 is 0 Å². The molecule has 100 valence electrons. The van der Waals surface area contributed by atoms with E-state index in [1.165, 1.54) is 0 Å². The highest BCUT2D eigenvalue weighted by atomic mass is 16.5. The van der Waals surface area contributed by atoms with Crippen molar-refractivity contribution in [2.45, 2.75) is 26.7 Å². The monoisotopic (exact) mass is 250 g/mol. The molecule has 0 amide bonds. The van der Waals surface area contributed by atoms with E-state index < -0.39 is 0 Å². The summed E-state index contributed by atoms with van der Waals surface area (Å²) in [5.41, 5.74) is 6.75. The predicted octanol–water partition coefficient (Wildman–Crippen LogP) is 1.36. The van der Waals surface area contributed by atoms with Gasteiger partial charge < -0.3 is 15.4 Å². The third-order valence-corrected chi connectivity index (χ3v) is 3.54. The second-order valence-corrected chi connectivity index (χ2v) is 4.73. The number of nitrogens with zero attached hydrogens (tertiary/aromatic N) is 3. The number of nitrogens with two attached hydrogens (primary N) is 1. The molecule has 18 heavy (non-hydrogen) atoms. The Balaban J connectivity index is 2.11. The molecule has 1 aliphatic heterocycles. The molecule has 2 N–H and O–H groups in total. The Hall–Kier alpha value is -1.36. The molecule has 0 spiro atoms. The highest BCUT2D eigenvalue weighted by Gasteiger charge is 2.21. The Labute approximate surface area is 108 Å². The molecular formula is C13H22N4O. The maximum Gasteiger partial charge on any atom is 0.221 e. The summed E-state index contributed by atoms with van der Waals surface area (Å²) in [6.07, 6.45) is 3.87. The molecule has 1 fully saturated rings. The van der Waals surface area contributed by atoms with Crippen LogP contribution in [0.5, 0.6) is 5.88 Å². The minimum absolute atomic E-state index is 0.631. The Morgan fingerprint density at radius 1 is 1.39 bits per heavy atom. The number of aromatic nitrogens is 2. The Morgan fingerprint density at radius 2 is 2.11 bits per heavy atom. The summed E-state index contributed by atoms with van der Waals surface area (Å²) >= 11 is 0. The van der Waals surface area contributed by atoms with E-state index in [2.05, 4.69) is 14.9 Å². The highest BCUT2D eigenvalue weighted by molar-refractivity contribution is 5.50. The maximum absolute atomic E-state index is 5.72. The fraction of sp³-hybridized carbons (Fsp3) is 0.692. The van der Waals surface area contributed by atoms with Crippen LogP contribution in [0.1, 0.15) is 25.3 Å². The first-order valence-electron chi connectivity index (χ1n) is 6.65. The van der Waals surface area contributed by atoms with E-state index in [-0.39, 0.29) is 0 Å². The summed E-state index contributed by atoms with van der Waals surface area (Å²) in [4.78, 5) is 10.9. The fourth-order valence-electron chi connectivity index (χ4n) is 2.41. The van der Waals surface area contributed by atoms with Crippen LogP contribution < -0.4 is 15.4 Å². The molecule has 0 bridgehead atoms. The fourth-order valence-corrected chi connectivity index (χ4v) is 2.41. The van der Waals surface area contributed by atoms with Crippen LogP contribution in [-0.2, 0) is 0 Å². The molecule has 5 nitrogen and oxygen atoms in total. The third-order valence-electron chi connectivity index (χ3n) is 3.54. The largest absolute Gasteiger partial charge is 0.478 e. The lowest BCUT2D eigenvalue weighted by Gasteiger charge is -2.33. The van der Waals surface area contributed by atoms with Gasteiger partial charge in [0, 0.05) is 13.1 Å². The molecule has 0 atom stereocenters. The summed E-state index contributed by atoms with van der Waals surface area (Å²) in [5, 5.41) is 0. The summed E-state index contributed by atoms with van der Waals surface area (Å²) in [6.45, 7) is 7.45. The minimum atomic E-state index is 0.631. The predicted molar refractivity (Wildman–Crippen MR) is 71.9 cm³/mol. The molecule has 1 aromatic heterocycles. The van der Waals surface area contributed by atoms with Crippen LogP contribution in [0.25, 0.3) is 0 Å². The lowest BCUT2D eigenvalue weighted by Crippen LogP contribution is -2.37. The van der Waals surface area contributed by atoms with Gasteiger partial charge >= 0.3 is 0 Å². The molecule has 1 aromatic rings. The maximum atomic E-state index is 5.72. The topological polar surface area (TPSA) is 64.3 Å². The van der Waals surface area contributed by atoms with Gasteiger partial charge in [0.2, 0.25) is 5.88 Å². The minimum Gasteiger partial charge on any atom is -0.478 e. The van der Waals surface area contributed by atoms with Crippen LogP contribution in [0.15, 0.2) is 6.33 Å². The standard InChI is InChI=1S/C13H22N4O/c1-3-18-13-10(2)12(15-9-16-13)17-6-4-11(8-14)5-7-17/h9,11H,3-8,14H2,1-2H3. The van der Waals surface area contributed by atoms with Crippen molar-refractivity contribution in [3.63, 3.8) is 0 Å². The molecule has 0 unspecified atom stereocenters. The van der Waals surface area contributed by atoms with E-state index in [9.17, 15) is 0 Å². The number of rotatable bonds is 4. The highest BCUT2D eigenvalue weighted by Crippen LogP contribution is 2.27. The number of anilines is 1. The first-order valence-corrected chi connectivity index (χ1v) is 6.65. The van der Waals surface area contributed by atoms with Crippen molar-refractivity contribution in [3.05, 3.63) is 11.9 Å². The summed E-state index contributed by atoms with van der Waals surface area (Å²) in [6, 6.07) is 0. The van der Waals surface area contributed by atoms with Crippen molar-refractivity contribution < 1.29 is 4.74 Å². The Bertz CT molecular complexity index is 389. The summed E-state index contributed by atoms with van der Waals surface area (Å²) < 4.78 is 5.51. The molecule has 0 radical (unpaired) electrons. The van der Waals surface area contributed by atoms with Crippen molar-refractivity contribution in [1.82, 2.24) is 9.97 Å². The SMILES string of the molecule is CCOc1ncnc(N2CCC(CN)CC2)c1C. The first kappa shape index (κ1) is 13.1. The average Bonchev–Trinajstić information content (AvgIpc) is 2.42. The van der Waals surface area contributed by atoms with Crippen molar-refractivity contribution in [2.75, 3.05) is 31.1 Å². The van der Waals surface area contributed by atoms with Gasteiger partial charge in [0.1, 0.15) is 12.1 Å². The van der Waals surface area contributed by atoms with Gasteiger partial charge in [-0.25, -0.2) is 9.97 Å². The van der Waals surface area contributed by atoms with Crippen LogP contribution in [0.4, 0.5) is 5.82 Å². The zero-order chi connectivity index (χ0) is 13.0. The zero-order valence-electron chi connectivity index (χ0n) is 11.2. The Kier molecular flexibility index (Phi) is 4.36. The van der Waals surface area contributed by atoms with E-state index in [0.717, 1.165) is 43.9 Å². The molecule has 0 aromatic carbocycles. The second-order valence-electron chi connectivity index (χ2n) is 4.73.